The number of imidazole rings is 1. The minimum absolute atomic E-state index is 0.149. The van der Waals surface area contributed by atoms with E-state index in [9.17, 15) is 44.3 Å². The number of hydrogen-bond acceptors (Lipinski definition) is 10. The number of halogens is 10. The number of aromatic amines is 1. The number of fused-ring (bicyclic) bond motifs is 2. The molecule has 0 spiro atoms. The molecule has 1 aliphatic rings. The van der Waals surface area contributed by atoms with Crippen LogP contribution in [0.25, 0.3) is 22.1 Å². The molecule has 1 aliphatic heterocycles. The molecule has 1 unspecified atom stereocenters. The highest BCUT2D eigenvalue weighted by Gasteiger charge is 2.39. The normalized spacial score (nSPS) is 14.8. The molecule has 26 heteroatoms. The molecule has 1 amide bonds. The smallest absolute Gasteiger partial charge is 0.475 e. The Labute approximate surface area is 293 Å². The first-order valence-electron chi connectivity index (χ1n) is 14.0. The molecule has 0 aliphatic carbocycles. The topological polar surface area (TPSA) is 244 Å². The van der Waals surface area contributed by atoms with Crippen LogP contribution in [0.15, 0.2) is 37.1 Å². The van der Waals surface area contributed by atoms with Gasteiger partial charge in [0.15, 0.2) is 11.5 Å². The summed E-state index contributed by atoms with van der Waals surface area (Å²) in [5.74, 6) is -7.66. The monoisotopic (exact) mass is 794 g/mol. The number of H-pyrrole nitrogens is 1. The zero-order chi connectivity index (χ0) is 40.5. The van der Waals surface area contributed by atoms with Crippen LogP contribution in [0.2, 0.25) is 5.02 Å². The average molecular weight is 795 g/mol. The highest BCUT2D eigenvalue weighted by atomic mass is 35.5. The number of anilines is 2. The molecule has 0 radical (unpaired) electrons. The Hall–Kier alpha value is -5.88. The second kappa shape index (κ2) is 17.6. The molecule has 53 heavy (non-hydrogen) atoms. The number of carboxylic acid groups (broad SMARTS) is 4. The summed E-state index contributed by atoms with van der Waals surface area (Å²) in [5.41, 5.74) is 3.96. The van der Waals surface area contributed by atoms with Gasteiger partial charge in [0.25, 0.3) is 0 Å². The van der Waals surface area contributed by atoms with E-state index >= 15 is 0 Å². The Kier molecular flexibility index (Phi) is 14.3. The largest absolute Gasteiger partial charge is 0.490 e. The zero-order valence-corrected chi connectivity index (χ0v) is 26.9. The average Bonchev–Trinajstić information content (AvgIpc) is 3.71. The first-order valence-corrected chi connectivity index (χ1v) is 14.3. The number of aromatic nitrogens is 5. The molecule has 5 rings (SSSR count). The zero-order valence-electron chi connectivity index (χ0n) is 26.2. The number of carboxylic acids is 3. The maximum absolute atomic E-state index is 11.1. The SMILES string of the molecule is CC(Nc1ncnc2[nH]cnc12)c1cc(Cl)c2cccnc2c1N1CC[C@H](NC(=O)O)C1.O=C(O)C(F)(F)F.O=C(O)C(F)(F)F.O=C(O)C(F)(F)F. The van der Waals surface area contributed by atoms with E-state index < -0.39 is 42.5 Å². The summed E-state index contributed by atoms with van der Waals surface area (Å²) < 4.78 is 95.2. The Morgan fingerprint density at radius 3 is 1.94 bits per heavy atom. The third kappa shape index (κ3) is 12.7. The van der Waals surface area contributed by atoms with Crippen LogP contribution in [0.5, 0.6) is 0 Å². The molecule has 1 fully saturated rings. The molecule has 1 aromatic carbocycles. The van der Waals surface area contributed by atoms with Crippen LogP contribution >= 0.6 is 11.6 Å². The van der Waals surface area contributed by atoms with Crippen LogP contribution in [-0.4, -0.2) is 107 Å². The Bertz CT molecular complexity index is 1870. The number of amides is 1. The van der Waals surface area contributed by atoms with Gasteiger partial charge < -0.3 is 40.9 Å². The summed E-state index contributed by atoms with van der Waals surface area (Å²) in [6.45, 7) is 3.28. The fourth-order valence-corrected chi connectivity index (χ4v) is 4.55. The highest BCUT2D eigenvalue weighted by Crippen LogP contribution is 2.40. The van der Waals surface area contributed by atoms with Gasteiger partial charge in [0.05, 0.1) is 34.6 Å². The van der Waals surface area contributed by atoms with Crippen LogP contribution in [0.4, 0.5) is 55.8 Å². The van der Waals surface area contributed by atoms with E-state index in [1.165, 1.54) is 6.33 Å². The highest BCUT2D eigenvalue weighted by molar-refractivity contribution is 6.36. The van der Waals surface area contributed by atoms with Crippen LogP contribution in [-0.2, 0) is 14.4 Å². The predicted octanol–water partition coefficient (Wildman–Crippen LogP) is 5.47. The van der Waals surface area contributed by atoms with Gasteiger partial charge in [-0.25, -0.2) is 34.1 Å². The lowest BCUT2D eigenvalue weighted by molar-refractivity contribution is -0.193. The lowest BCUT2D eigenvalue weighted by Crippen LogP contribution is -2.36. The Balaban J connectivity index is 0.000000379. The van der Waals surface area contributed by atoms with Crippen molar-refractivity contribution >= 4 is 69.2 Å². The summed E-state index contributed by atoms with van der Waals surface area (Å²) in [6, 6.07) is 5.41. The van der Waals surface area contributed by atoms with E-state index in [1.807, 2.05) is 25.1 Å². The maximum atomic E-state index is 11.1. The summed E-state index contributed by atoms with van der Waals surface area (Å²) >= 11 is 6.64. The van der Waals surface area contributed by atoms with Gasteiger partial charge in [-0.05, 0) is 31.5 Å². The molecule has 1 saturated heterocycles. The third-order valence-corrected chi connectivity index (χ3v) is 6.75. The molecule has 4 heterocycles. The Morgan fingerprint density at radius 2 is 1.43 bits per heavy atom. The van der Waals surface area contributed by atoms with Crippen LogP contribution < -0.4 is 15.5 Å². The quantitative estimate of drug-likeness (QED) is 0.124. The number of rotatable bonds is 5. The number of aliphatic carboxylic acids is 3. The number of carbonyl (C=O) groups is 4. The number of nitrogens with zero attached hydrogens (tertiary/aromatic N) is 5. The first-order chi connectivity index (χ1) is 24.3. The third-order valence-electron chi connectivity index (χ3n) is 6.44. The number of benzene rings is 1. The summed E-state index contributed by atoms with van der Waals surface area (Å²) in [5, 5.41) is 38.0. The summed E-state index contributed by atoms with van der Waals surface area (Å²) in [4.78, 5) is 60.5. The number of pyridine rings is 1. The van der Waals surface area contributed by atoms with Crippen LogP contribution in [0.3, 0.4) is 0 Å². The fourth-order valence-electron chi connectivity index (χ4n) is 4.28. The van der Waals surface area contributed by atoms with Crippen LogP contribution in [0.1, 0.15) is 24.9 Å². The number of alkyl halides is 9. The summed E-state index contributed by atoms with van der Waals surface area (Å²) in [7, 11) is 0. The van der Waals surface area contributed by atoms with Crippen molar-refractivity contribution < 1.29 is 79.1 Å². The van der Waals surface area contributed by atoms with Gasteiger partial charge in [-0.1, -0.05) is 11.6 Å². The number of hydrogen-bond donors (Lipinski definition) is 7. The minimum Gasteiger partial charge on any atom is -0.475 e. The fraction of sp³-hybridized carbons (Fsp3) is 0.333. The molecular formula is C27H24ClF9N8O8. The minimum atomic E-state index is -5.08. The molecule has 2 atom stereocenters. The van der Waals surface area contributed by atoms with E-state index in [4.69, 9.17) is 46.4 Å². The van der Waals surface area contributed by atoms with E-state index in [0.717, 1.165) is 22.2 Å². The van der Waals surface area contributed by atoms with Crippen molar-refractivity contribution in [3.05, 3.63) is 47.6 Å². The van der Waals surface area contributed by atoms with Gasteiger partial charge in [0, 0.05) is 30.2 Å². The van der Waals surface area contributed by atoms with Gasteiger partial charge >= 0.3 is 42.5 Å². The second-order valence-corrected chi connectivity index (χ2v) is 10.6. The molecular weight excluding hydrogens is 771 g/mol. The van der Waals surface area contributed by atoms with E-state index in [-0.39, 0.29) is 12.1 Å². The summed E-state index contributed by atoms with van der Waals surface area (Å²) in [6.07, 6.45) is -10.8. The molecule has 4 aromatic rings. The lowest BCUT2D eigenvalue weighted by Gasteiger charge is -2.27. The molecule has 0 bridgehead atoms. The van der Waals surface area contributed by atoms with Crippen molar-refractivity contribution in [3.8, 4) is 0 Å². The van der Waals surface area contributed by atoms with Gasteiger partial charge in [-0.3, -0.25) is 4.98 Å². The maximum Gasteiger partial charge on any atom is 0.490 e. The molecule has 0 saturated carbocycles. The van der Waals surface area contributed by atoms with Crippen LogP contribution in [0, 0.1) is 0 Å². The van der Waals surface area contributed by atoms with E-state index in [0.29, 0.717) is 41.5 Å². The van der Waals surface area contributed by atoms with Crippen molar-refractivity contribution in [3.63, 3.8) is 0 Å². The van der Waals surface area contributed by atoms with Crippen molar-refractivity contribution in [1.82, 2.24) is 30.2 Å². The van der Waals surface area contributed by atoms with E-state index in [2.05, 4.69) is 40.5 Å². The van der Waals surface area contributed by atoms with Crippen molar-refractivity contribution in [1.29, 1.82) is 0 Å². The first kappa shape index (κ1) is 43.3. The lowest BCUT2D eigenvalue weighted by atomic mass is 10.0. The van der Waals surface area contributed by atoms with Crippen molar-refractivity contribution in [2.75, 3.05) is 23.3 Å². The Morgan fingerprint density at radius 1 is 0.887 bits per heavy atom. The van der Waals surface area contributed by atoms with Crippen molar-refractivity contribution in [2.45, 2.75) is 44.0 Å². The predicted molar refractivity (Wildman–Crippen MR) is 163 cm³/mol. The standard InChI is InChI=1S/C21H21ClN8O2.3C2HF3O2/c1-11(28-20-17-19(25-9-24-17)26-10-27-20)14-7-15(22)13-3-2-5-23-16(13)18(14)30-6-4-12(8-30)29-21(31)32;3*3-2(4,5)1(6)7/h2-3,5,7,9-12,29H,4,6,8H2,1H3,(H,31,32)(H2,24,25,26,27,28);3*(H,6,7)/t11?,12-;;;/m0.../s1. The molecule has 16 nitrogen and oxygen atoms in total. The molecule has 3 aromatic heterocycles. The van der Waals surface area contributed by atoms with Gasteiger partial charge in [-0.15, -0.1) is 0 Å². The van der Waals surface area contributed by atoms with Gasteiger partial charge in [0.1, 0.15) is 11.8 Å². The molecule has 290 valence electrons. The van der Waals surface area contributed by atoms with Gasteiger partial charge in [0.2, 0.25) is 0 Å². The van der Waals surface area contributed by atoms with Crippen molar-refractivity contribution in [2.24, 2.45) is 0 Å². The van der Waals surface area contributed by atoms with E-state index in [1.54, 1.807) is 12.5 Å². The second-order valence-electron chi connectivity index (χ2n) is 10.2. The number of nitrogens with one attached hydrogen (secondary N) is 3. The molecule has 7 N–H and O–H groups in total. The van der Waals surface area contributed by atoms with Gasteiger partial charge in [-0.2, -0.15) is 39.5 Å².